The maximum atomic E-state index is 11.3. The van der Waals surface area contributed by atoms with E-state index < -0.39 is 0 Å². The second-order valence-electron chi connectivity index (χ2n) is 2.92. The van der Waals surface area contributed by atoms with E-state index >= 15 is 0 Å². The molecule has 2 amide bonds. The van der Waals surface area contributed by atoms with Crippen LogP contribution in [0.25, 0.3) is 0 Å². The van der Waals surface area contributed by atoms with Crippen molar-refractivity contribution >= 4 is 17.4 Å². The summed E-state index contributed by atoms with van der Waals surface area (Å²) in [7, 11) is 1.78. The molecule has 1 aromatic rings. The Hall–Kier alpha value is -1.10. The highest BCUT2D eigenvalue weighted by molar-refractivity contribution is 7.09. The lowest BCUT2D eigenvalue weighted by Gasteiger charge is -2.14. The Morgan fingerprint density at radius 2 is 2.50 bits per heavy atom. The zero-order valence-electron chi connectivity index (χ0n) is 8.49. The van der Waals surface area contributed by atoms with Crippen LogP contribution in [0.5, 0.6) is 0 Å². The molecule has 0 spiro atoms. The third-order valence-electron chi connectivity index (χ3n) is 1.92. The lowest BCUT2D eigenvalue weighted by atomic mass is 10.4. The quantitative estimate of drug-likeness (QED) is 0.820. The molecule has 0 aliphatic carbocycles. The number of carbonyl (C=O) groups is 1. The van der Waals surface area contributed by atoms with Crippen molar-refractivity contribution < 1.29 is 4.79 Å². The molecular formula is C9H15N3OS. The van der Waals surface area contributed by atoms with Gasteiger partial charge in [0.15, 0.2) is 0 Å². The van der Waals surface area contributed by atoms with E-state index in [4.69, 9.17) is 0 Å². The van der Waals surface area contributed by atoms with Gasteiger partial charge >= 0.3 is 6.03 Å². The van der Waals surface area contributed by atoms with Crippen LogP contribution in [-0.4, -0.2) is 36.1 Å². The second-order valence-corrected chi connectivity index (χ2v) is 3.90. The Morgan fingerprint density at radius 3 is 3.07 bits per heavy atom. The van der Waals surface area contributed by atoms with Crippen LogP contribution in [0, 0.1) is 0 Å². The monoisotopic (exact) mass is 213 g/mol. The molecule has 0 bridgehead atoms. The molecule has 1 N–H and O–H groups in total. The van der Waals surface area contributed by atoms with E-state index in [1.807, 2.05) is 12.3 Å². The lowest BCUT2D eigenvalue weighted by Crippen LogP contribution is -2.37. The predicted molar refractivity (Wildman–Crippen MR) is 57.5 cm³/mol. The molecular weight excluding hydrogens is 198 g/mol. The molecule has 0 atom stereocenters. The lowest BCUT2D eigenvalue weighted by molar-refractivity contribution is 0.211. The minimum absolute atomic E-state index is 0.0240. The molecule has 1 aromatic heterocycles. The van der Waals surface area contributed by atoms with Crippen molar-refractivity contribution in [1.82, 2.24) is 15.2 Å². The van der Waals surface area contributed by atoms with Gasteiger partial charge in [-0.05, 0) is 6.92 Å². The van der Waals surface area contributed by atoms with Crippen LogP contribution in [0.4, 0.5) is 4.79 Å². The van der Waals surface area contributed by atoms with Crippen molar-refractivity contribution in [3.8, 4) is 0 Å². The third kappa shape index (κ3) is 3.33. The Bertz CT molecular complexity index is 274. The van der Waals surface area contributed by atoms with E-state index in [2.05, 4.69) is 10.3 Å². The average Bonchev–Trinajstić information content (AvgIpc) is 2.69. The topological polar surface area (TPSA) is 45.2 Å². The molecule has 1 heterocycles. The van der Waals surface area contributed by atoms with E-state index in [9.17, 15) is 4.79 Å². The van der Waals surface area contributed by atoms with E-state index in [0.717, 1.165) is 18.0 Å². The molecule has 0 radical (unpaired) electrons. The fourth-order valence-corrected chi connectivity index (χ4v) is 1.55. The van der Waals surface area contributed by atoms with Gasteiger partial charge in [-0.3, -0.25) is 0 Å². The zero-order valence-corrected chi connectivity index (χ0v) is 9.30. The number of amides is 2. The van der Waals surface area contributed by atoms with Crippen molar-refractivity contribution in [3.63, 3.8) is 0 Å². The van der Waals surface area contributed by atoms with Crippen LogP contribution in [0.3, 0.4) is 0 Å². The van der Waals surface area contributed by atoms with Gasteiger partial charge < -0.3 is 10.2 Å². The van der Waals surface area contributed by atoms with Gasteiger partial charge in [-0.15, -0.1) is 11.3 Å². The summed E-state index contributed by atoms with van der Waals surface area (Å²) in [5.74, 6) is 0. The fourth-order valence-electron chi connectivity index (χ4n) is 0.931. The summed E-state index contributed by atoms with van der Waals surface area (Å²) in [4.78, 5) is 17.1. The molecule has 0 fully saturated rings. The fraction of sp³-hybridized carbons (Fsp3) is 0.556. The number of rotatable bonds is 4. The molecule has 1 rings (SSSR count). The van der Waals surface area contributed by atoms with Crippen molar-refractivity contribution in [1.29, 1.82) is 0 Å². The zero-order chi connectivity index (χ0) is 10.4. The van der Waals surface area contributed by atoms with Crippen LogP contribution in [0.2, 0.25) is 0 Å². The van der Waals surface area contributed by atoms with E-state index in [-0.39, 0.29) is 6.03 Å². The summed E-state index contributed by atoms with van der Waals surface area (Å²) in [5, 5.41) is 5.82. The molecule has 0 unspecified atom stereocenters. The van der Waals surface area contributed by atoms with Gasteiger partial charge in [-0.25, -0.2) is 9.78 Å². The van der Waals surface area contributed by atoms with Gasteiger partial charge in [-0.1, -0.05) is 0 Å². The molecule has 78 valence electrons. The molecule has 14 heavy (non-hydrogen) atoms. The summed E-state index contributed by atoms with van der Waals surface area (Å²) in [6.07, 6.45) is 2.58. The van der Waals surface area contributed by atoms with Crippen LogP contribution in [0.15, 0.2) is 11.6 Å². The highest BCUT2D eigenvalue weighted by Gasteiger charge is 2.04. The van der Waals surface area contributed by atoms with Crippen molar-refractivity contribution in [2.45, 2.75) is 13.3 Å². The average molecular weight is 213 g/mol. The predicted octanol–water partition coefficient (Wildman–Crippen LogP) is 1.35. The number of nitrogens with zero attached hydrogens (tertiary/aromatic N) is 2. The number of carbonyl (C=O) groups excluding carboxylic acids is 1. The first kappa shape index (κ1) is 11.0. The first-order valence-corrected chi connectivity index (χ1v) is 5.49. The molecule has 4 nitrogen and oxygen atoms in total. The number of hydrogen-bond donors (Lipinski definition) is 1. The maximum Gasteiger partial charge on any atom is 0.317 e. The van der Waals surface area contributed by atoms with Crippen LogP contribution < -0.4 is 5.32 Å². The van der Waals surface area contributed by atoms with Gasteiger partial charge in [0.05, 0.1) is 5.01 Å². The number of thiazole rings is 1. The first-order valence-electron chi connectivity index (χ1n) is 4.61. The van der Waals surface area contributed by atoms with E-state index in [1.165, 1.54) is 0 Å². The largest absolute Gasteiger partial charge is 0.338 e. The summed E-state index contributed by atoms with van der Waals surface area (Å²) >= 11 is 1.61. The van der Waals surface area contributed by atoms with Crippen molar-refractivity contribution in [2.75, 3.05) is 20.1 Å². The molecule has 0 saturated carbocycles. The minimum atomic E-state index is -0.0240. The van der Waals surface area contributed by atoms with Gasteiger partial charge in [-0.2, -0.15) is 0 Å². The smallest absolute Gasteiger partial charge is 0.317 e. The Labute approximate surface area is 88.0 Å². The van der Waals surface area contributed by atoms with Crippen LogP contribution in [-0.2, 0) is 6.42 Å². The minimum Gasteiger partial charge on any atom is -0.338 e. The molecule has 0 saturated heterocycles. The molecule has 0 aromatic carbocycles. The highest BCUT2D eigenvalue weighted by Crippen LogP contribution is 2.03. The van der Waals surface area contributed by atoms with E-state index in [1.54, 1.807) is 29.5 Å². The Balaban J connectivity index is 2.18. The first-order chi connectivity index (χ1) is 6.74. The van der Waals surface area contributed by atoms with Crippen LogP contribution in [0.1, 0.15) is 11.9 Å². The summed E-state index contributed by atoms with van der Waals surface area (Å²) in [6, 6.07) is -0.0240. The third-order valence-corrected chi connectivity index (χ3v) is 2.76. The standard InChI is InChI=1S/C9H15N3OS/c1-3-12(2)9(13)11-5-4-8-10-6-7-14-8/h6-7H,3-5H2,1-2H3,(H,11,13). The summed E-state index contributed by atoms with van der Waals surface area (Å²) in [5.41, 5.74) is 0. The Morgan fingerprint density at radius 1 is 1.71 bits per heavy atom. The molecule has 5 heteroatoms. The number of nitrogens with one attached hydrogen (secondary N) is 1. The summed E-state index contributed by atoms with van der Waals surface area (Å²) < 4.78 is 0. The molecule has 0 aliphatic heterocycles. The van der Waals surface area contributed by atoms with Gasteiger partial charge in [0, 0.05) is 38.1 Å². The number of urea groups is 1. The van der Waals surface area contributed by atoms with Crippen molar-refractivity contribution in [3.05, 3.63) is 16.6 Å². The molecule has 0 aliphatic rings. The number of aromatic nitrogens is 1. The Kier molecular flexibility index (Phi) is 4.39. The maximum absolute atomic E-state index is 11.3. The van der Waals surface area contributed by atoms with Gasteiger partial charge in [0.2, 0.25) is 0 Å². The highest BCUT2D eigenvalue weighted by atomic mass is 32.1. The van der Waals surface area contributed by atoms with Crippen molar-refractivity contribution in [2.24, 2.45) is 0 Å². The number of hydrogen-bond acceptors (Lipinski definition) is 3. The van der Waals surface area contributed by atoms with Gasteiger partial charge in [0.1, 0.15) is 0 Å². The van der Waals surface area contributed by atoms with Crippen LogP contribution >= 0.6 is 11.3 Å². The summed E-state index contributed by atoms with van der Waals surface area (Å²) in [6.45, 7) is 3.32. The normalized spacial score (nSPS) is 9.86. The van der Waals surface area contributed by atoms with Gasteiger partial charge in [0.25, 0.3) is 0 Å². The van der Waals surface area contributed by atoms with E-state index in [0.29, 0.717) is 6.54 Å². The SMILES string of the molecule is CCN(C)C(=O)NCCc1nccs1. The second kappa shape index (κ2) is 5.59.